The second-order valence-electron chi connectivity index (χ2n) is 5.53. The Morgan fingerprint density at radius 2 is 1.92 bits per heavy atom. The molecular formula is C17H13Cl3N2O3. The predicted octanol–water partition coefficient (Wildman–Crippen LogP) is 4.43. The molecule has 0 aliphatic rings. The van der Waals surface area contributed by atoms with Crippen LogP contribution in [0.2, 0.25) is 15.1 Å². The Kier molecular flexibility index (Phi) is 5.08. The molecule has 3 aromatic rings. The maximum Gasteiger partial charge on any atom is 0.420 e. The number of oxazole rings is 1. The van der Waals surface area contributed by atoms with Gasteiger partial charge in [0, 0.05) is 11.1 Å². The molecule has 0 fully saturated rings. The number of benzene rings is 2. The van der Waals surface area contributed by atoms with Crippen LogP contribution in [0.5, 0.6) is 0 Å². The largest absolute Gasteiger partial charge is 0.420 e. The SMILES string of the molecule is C[C@@H](NC(=O)Cn1c(=O)oc2cc(Cl)ccc21)c1ccc(Cl)c(Cl)c1. The minimum absolute atomic E-state index is 0.168. The molecule has 0 radical (unpaired) electrons. The van der Waals surface area contributed by atoms with E-state index >= 15 is 0 Å². The first kappa shape index (κ1) is 17.9. The van der Waals surface area contributed by atoms with Gasteiger partial charge in [-0.05, 0) is 36.8 Å². The highest BCUT2D eigenvalue weighted by atomic mass is 35.5. The van der Waals surface area contributed by atoms with Crippen LogP contribution < -0.4 is 11.1 Å². The molecule has 8 heteroatoms. The van der Waals surface area contributed by atoms with Crippen molar-refractivity contribution in [3.8, 4) is 0 Å². The van der Waals surface area contributed by atoms with E-state index in [9.17, 15) is 9.59 Å². The summed E-state index contributed by atoms with van der Waals surface area (Å²) in [5.41, 5.74) is 1.65. The molecule has 0 saturated carbocycles. The maximum atomic E-state index is 12.3. The monoisotopic (exact) mass is 398 g/mol. The van der Waals surface area contributed by atoms with E-state index in [2.05, 4.69) is 5.32 Å². The van der Waals surface area contributed by atoms with Gasteiger partial charge in [-0.1, -0.05) is 40.9 Å². The van der Waals surface area contributed by atoms with Gasteiger partial charge in [-0.25, -0.2) is 4.79 Å². The Bertz CT molecular complexity index is 1010. The summed E-state index contributed by atoms with van der Waals surface area (Å²) >= 11 is 17.8. The molecule has 1 atom stereocenters. The number of nitrogens with one attached hydrogen (secondary N) is 1. The van der Waals surface area contributed by atoms with Gasteiger partial charge in [0.15, 0.2) is 5.58 Å². The van der Waals surface area contributed by atoms with Gasteiger partial charge in [0.05, 0.1) is 21.6 Å². The van der Waals surface area contributed by atoms with E-state index in [1.54, 1.807) is 30.3 Å². The Balaban J connectivity index is 1.77. The number of halogens is 3. The van der Waals surface area contributed by atoms with E-state index in [0.717, 1.165) is 5.56 Å². The second-order valence-corrected chi connectivity index (χ2v) is 6.78. The number of carbonyl (C=O) groups excluding carboxylic acids is 1. The number of amides is 1. The van der Waals surface area contributed by atoms with Crippen LogP contribution in [-0.4, -0.2) is 10.5 Å². The fourth-order valence-corrected chi connectivity index (χ4v) is 2.95. The van der Waals surface area contributed by atoms with E-state index in [1.165, 1.54) is 10.6 Å². The molecule has 1 N–H and O–H groups in total. The van der Waals surface area contributed by atoms with Crippen LogP contribution in [0.1, 0.15) is 18.5 Å². The zero-order valence-corrected chi connectivity index (χ0v) is 15.3. The number of nitrogens with zero attached hydrogens (tertiary/aromatic N) is 1. The first-order chi connectivity index (χ1) is 11.8. The number of hydrogen-bond donors (Lipinski definition) is 1. The lowest BCUT2D eigenvalue weighted by atomic mass is 10.1. The van der Waals surface area contributed by atoms with Crippen molar-refractivity contribution >= 4 is 51.8 Å². The lowest BCUT2D eigenvalue weighted by Gasteiger charge is -2.15. The highest BCUT2D eigenvalue weighted by Crippen LogP contribution is 2.25. The van der Waals surface area contributed by atoms with Crippen molar-refractivity contribution in [3.05, 3.63) is 67.6 Å². The van der Waals surface area contributed by atoms with Crippen LogP contribution in [0.25, 0.3) is 11.1 Å². The summed E-state index contributed by atoms with van der Waals surface area (Å²) in [6.07, 6.45) is 0. The summed E-state index contributed by atoms with van der Waals surface area (Å²) in [5.74, 6) is -0.951. The predicted molar refractivity (Wildman–Crippen MR) is 98.5 cm³/mol. The fraction of sp³-hybridized carbons (Fsp3) is 0.176. The molecule has 5 nitrogen and oxygen atoms in total. The van der Waals surface area contributed by atoms with E-state index in [-0.39, 0.29) is 18.5 Å². The average Bonchev–Trinajstić information content (AvgIpc) is 2.84. The van der Waals surface area contributed by atoms with E-state index in [1.807, 2.05) is 6.92 Å². The number of hydrogen-bond acceptors (Lipinski definition) is 3. The molecule has 1 aromatic heterocycles. The molecular weight excluding hydrogens is 387 g/mol. The van der Waals surface area contributed by atoms with E-state index in [0.29, 0.717) is 26.2 Å². The molecule has 3 rings (SSSR count). The zero-order valence-electron chi connectivity index (χ0n) is 13.1. The highest BCUT2D eigenvalue weighted by Gasteiger charge is 2.15. The maximum absolute atomic E-state index is 12.3. The lowest BCUT2D eigenvalue weighted by Crippen LogP contribution is -2.32. The molecule has 25 heavy (non-hydrogen) atoms. The second kappa shape index (κ2) is 7.12. The number of aromatic nitrogens is 1. The van der Waals surface area contributed by atoms with Crippen molar-refractivity contribution in [2.75, 3.05) is 0 Å². The third kappa shape index (κ3) is 3.84. The first-order valence-electron chi connectivity index (χ1n) is 7.38. The number of rotatable bonds is 4. The molecule has 0 spiro atoms. The molecule has 0 aliphatic heterocycles. The van der Waals surface area contributed by atoms with Crippen LogP contribution in [0.3, 0.4) is 0 Å². The van der Waals surface area contributed by atoms with Crippen LogP contribution in [0.4, 0.5) is 0 Å². The highest BCUT2D eigenvalue weighted by molar-refractivity contribution is 6.42. The summed E-state index contributed by atoms with van der Waals surface area (Å²) in [6.45, 7) is 1.65. The summed E-state index contributed by atoms with van der Waals surface area (Å²) in [6, 6.07) is 9.64. The molecule has 1 heterocycles. The molecule has 0 unspecified atom stereocenters. The molecule has 2 aromatic carbocycles. The minimum atomic E-state index is -0.616. The van der Waals surface area contributed by atoms with Gasteiger partial charge in [-0.2, -0.15) is 0 Å². The number of carbonyl (C=O) groups is 1. The smallest absolute Gasteiger partial charge is 0.408 e. The van der Waals surface area contributed by atoms with Crippen molar-refractivity contribution < 1.29 is 9.21 Å². The van der Waals surface area contributed by atoms with Crippen LogP contribution in [-0.2, 0) is 11.3 Å². The van der Waals surface area contributed by atoms with Crippen LogP contribution >= 0.6 is 34.8 Å². The third-order valence-corrected chi connectivity index (χ3v) is 4.73. The van der Waals surface area contributed by atoms with Gasteiger partial charge in [0.2, 0.25) is 5.91 Å². The summed E-state index contributed by atoms with van der Waals surface area (Å²) in [7, 11) is 0. The lowest BCUT2D eigenvalue weighted by molar-refractivity contribution is -0.122. The van der Waals surface area contributed by atoms with Gasteiger partial charge in [-0.15, -0.1) is 0 Å². The Labute approximate surface area is 158 Å². The van der Waals surface area contributed by atoms with Gasteiger partial charge < -0.3 is 9.73 Å². The topological polar surface area (TPSA) is 64.2 Å². The summed E-state index contributed by atoms with van der Waals surface area (Å²) < 4.78 is 6.36. The first-order valence-corrected chi connectivity index (χ1v) is 8.52. The molecule has 130 valence electrons. The van der Waals surface area contributed by atoms with Gasteiger partial charge >= 0.3 is 5.76 Å². The average molecular weight is 400 g/mol. The van der Waals surface area contributed by atoms with E-state index in [4.69, 9.17) is 39.2 Å². The fourth-order valence-electron chi connectivity index (χ4n) is 2.49. The Morgan fingerprint density at radius 1 is 1.16 bits per heavy atom. The molecule has 0 saturated heterocycles. The number of fused-ring (bicyclic) bond motifs is 1. The van der Waals surface area contributed by atoms with Crippen LogP contribution in [0.15, 0.2) is 45.6 Å². The van der Waals surface area contributed by atoms with Crippen molar-refractivity contribution in [1.29, 1.82) is 0 Å². The third-order valence-electron chi connectivity index (χ3n) is 3.75. The Hall–Kier alpha value is -1.95. The summed E-state index contributed by atoms with van der Waals surface area (Å²) in [5, 5.41) is 4.12. The van der Waals surface area contributed by atoms with Crippen LogP contribution in [0, 0.1) is 0 Å². The molecule has 0 bridgehead atoms. The van der Waals surface area contributed by atoms with Gasteiger partial charge in [0.1, 0.15) is 6.54 Å². The molecule has 0 aliphatic carbocycles. The van der Waals surface area contributed by atoms with Gasteiger partial charge in [0.25, 0.3) is 0 Å². The summed E-state index contributed by atoms with van der Waals surface area (Å²) in [4.78, 5) is 24.3. The van der Waals surface area contributed by atoms with Crippen molar-refractivity contribution in [2.24, 2.45) is 0 Å². The van der Waals surface area contributed by atoms with E-state index < -0.39 is 5.76 Å². The van der Waals surface area contributed by atoms with Gasteiger partial charge in [-0.3, -0.25) is 9.36 Å². The van der Waals surface area contributed by atoms with Crippen molar-refractivity contribution in [3.63, 3.8) is 0 Å². The van der Waals surface area contributed by atoms with Crippen molar-refractivity contribution in [1.82, 2.24) is 9.88 Å². The standard InChI is InChI=1S/C17H13Cl3N2O3/c1-9(10-2-4-12(19)13(20)6-10)21-16(23)8-22-14-5-3-11(18)7-15(14)25-17(22)24/h2-7,9H,8H2,1H3,(H,21,23)/t9-/m1/s1. The Morgan fingerprint density at radius 3 is 2.64 bits per heavy atom. The minimum Gasteiger partial charge on any atom is -0.408 e. The zero-order chi connectivity index (χ0) is 18.1. The van der Waals surface area contributed by atoms with Crippen molar-refractivity contribution in [2.45, 2.75) is 19.5 Å². The molecule has 1 amide bonds. The normalized spacial score (nSPS) is 12.3. The quantitative estimate of drug-likeness (QED) is 0.706.